The third-order valence-corrected chi connectivity index (χ3v) is 5.89. The van der Waals surface area contributed by atoms with Crippen molar-refractivity contribution in [2.45, 2.75) is 57.5 Å². The van der Waals surface area contributed by atoms with E-state index in [9.17, 15) is 5.11 Å². The van der Waals surface area contributed by atoms with Crippen LogP contribution in [0.25, 0.3) is 0 Å². The number of ether oxygens (including phenoxy) is 5. The third kappa shape index (κ3) is 7.45. The van der Waals surface area contributed by atoms with Crippen molar-refractivity contribution in [2.24, 2.45) is 0 Å². The highest BCUT2D eigenvalue weighted by atomic mass is 16.7. The fourth-order valence-corrected chi connectivity index (χ4v) is 4.12. The average Bonchev–Trinajstić information content (AvgIpc) is 3.25. The summed E-state index contributed by atoms with van der Waals surface area (Å²) in [5.41, 5.74) is 3.11. The summed E-state index contributed by atoms with van der Waals surface area (Å²) >= 11 is 0. The molecule has 186 valence electrons. The number of benzene rings is 3. The molecule has 5 atom stereocenters. The molecule has 0 spiro atoms. The lowest BCUT2D eigenvalue weighted by molar-refractivity contribution is -0.189. The van der Waals surface area contributed by atoms with E-state index in [1.807, 2.05) is 97.9 Å². The SMILES string of the molecule is CCO[C@@H]1O[C@@H]([C@@H](O)COCc2ccccc2)[C@H](OCc2ccccc2)[C@H]1OCc1ccccc1. The van der Waals surface area contributed by atoms with E-state index in [1.165, 1.54) is 0 Å². The highest BCUT2D eigenvalue weighted by Gasteiger charge is 2.49. The molecular weight excluding hydrogens is 444 g/mol. The normalized spacial score (nSPS) is 22.8. The first-order chi connectivity index (χ1) is 17.2. The van der Waals surface area contributed by atoms with Crippen molar-refractivity contribution in [3.63, 3.8) is 0 Å². The van der Waals surface area contributed by atoms with Crippen LogP contribution in [0.2, 0.25) is 0 Å². The molecule has 0 saturated carbocycles. The molecule has 6 nitrogen and oxygen atoms in total. The Balaban J connectivity index is 1.45. The van der Waals surface area contributed by atoms with Crippen molar-refractivity contribution in [3.8, 4) is 0 Å². The van der Waals surface area contributed by atoms with E-state index < -0.39 is 30.7 Å². The van der Waals surface area contributed by atoms with E-state index in [0.717, 1.165) is 16.7 Å². The standard InChI is InChI=1S/C29H34O6/c1-2-32-29-28(34-20-24-16-10-5-11-17-24)27(33-19-23-14-8-4-9-15-23)26(35-29)25(30)21-31-18-22-12-6-3-7-13-22/h3-17,25-30H,2,18-21H2,1H3/t25-,26-,27-,28+,29+/m0/s1. The Bertz CT molecular complexity index is 968. The van der Waals surface area contributed by atoms with Gasteiger partial charge in [0.05, 0.1) is 26.4 Å². The number of rotatable bonds is 13. The Labute approximate surface area is 207 Å². The fraction of sp³-hybridized carbons (Fsp3) is 0.379. The molecule has 1 N–H and O–H groups in total. The lowest BCUT2D eigenvalue weighted by Gasteiger charge is -2.26. The maximum absolute atomic E-state index is 11.0. The zero-order valence-corrected chi connectivity index (χ0v) is 20.1. The Kier molecular flexibility index (Phi) is 9.84. The van der Waals surface area contributed by atoms with Gasteiger partial charge in [-0.3, -0.25) is 0 Å². The van der Waals surface area contributed by atoms with Crippen molar-refractivity contribution in [3.05, 3.63) is 108 Å². The molecule has 1 heterocycles. The van der Waals surface area contributed by atoms with Gasteiger partial charge in [0.15, 0.2) is 6.29 Å². The molecule has 0 bridgehead atoms. The molecule has 1 aliphatic rings. The second-order valence-electron chi connectivity index (χ2n) is 8.51. The molecular formula is C29H34O6. The first-order valence-electron chi connectivity index (χ1n) is 12.1. The van der Waals surface area contributed by atoms with Crippen molar-refractivity contribution >= 4 is 0 Å². The van der Waals surface area contributed by atoms with Crippen LogP contribution in [-0.2, 0) is 43.5 Å². The monoisotopic (exact) mass is 478 g/mol. The van der Waals surface area contributed by atoms with Crippen molar-refractivity contribution in [2.75, 3.05) is 13.2 Å². The van der Waals surface area contributed by atoms with E-state index in [-0.39, 0.29) is 6.61 Å². The summed E-state index contributed by atoms with van der Waals surface area (Å²) < 4.78 is 30.4. The summed E-state index contributed by atoms with van der Waals surface area (Å²) in [4.78, 5) is 0. The highest BCUT2D eigenvalue weighted by Crippen LogP contribution is 2.31. The summed E-state index contributed by atoms with van der Waals surface area (Å²) in [5, 5.41) is 11.0. The average molecular weight is 479 g/mol. The quantitative estimate of drug-likeness (QED) is 0.390. The zero-order valence-electron chi connectivity index (χ0n) is 20.1. The predicted molar refractivity (Wildman–Crippen MR) is 132 cm³/mol. The topological polar surface area (TPSA) is 66.4 Å². The van der Waals surface area contributed by atoms with E-state index in [2.05, 4.69) is 0 Å². The number of hydrogen-bond donors (Lipinski definition) is 1. The van der Waals surface area contributed by atoms with Gasteiger partial charge < -0.3 is 28.8 Å². The molecule has 3 aromatic carbocycles. The molecule has 1 saturated heterocycles. The second-order valence-corrected chi connectivity index (χ2v) is 8.51. The van der Waals surface area contributed by atoms with Gasteiger partial charge in [-0.2, -0.15) is 0 Å². The maximum atomic E-state index is 11.0. The van der Waals surface area contributed by atoms with Crippen LogP contribution in [0.15, 0.2) is 91.0 Å². The van der Waals surface area contributed by atoms with Crippen LogP contribution in [0.4, 0.5) is 0 Å². The molecule has 0 unspecified atom stereocenters. The van der Waals surface area contributed by atoms with Crippen molar-refractivity contribution in [1.82, 2.24) is 0 Å². The van der Waals surface area contributed by atoms with Gasteiger partial charge in [-0.05, 0) is 23.6 Å². The van der Waals surface area contributed by atoms with Crippen molar-refractivity contribution < 1.29 is 28.8 Å². The molecule has 6 heteroatoms. The van der Waals surface area contributed by atoms with Gasteiger partial charge in [0.25, 0.3) is 0 Å². The molecule has 0 aromatic heterocycles. The minimum atomic E-state index is -0.909. The summed E-state index contributed by atoms with van der Waals surface area (Å²) in [7, 11) is 0. The predicted octanol–water partition coefficient (Wildman–Crippen LogP) is 4.50. The third-order valence-electron chi connectivity index (χ3n) is 5.89. The van der Waals surface area contributed by atoms with Crippen LogP contribution < -0.4 is 0 Å². The van der Waals surface area contributed by atoms with Gasteiger partial charge >= 0.3 is 0 Å². The van der Waals surface area contributed by atoms with Crippen LogP contribution in [-0.4, -0.2) is 49.0 Å². The van der Waals surface area contributed by atoms with Crippen LogP contribution >= 0.6 is 0 Å². The Morgan fingerprint density at radius 2 is 1.17 bits per heavy atom. The largest absolute Gasteiger partial charge is 0.388 e. The van der Waals surface area contributed by atoms with Crippen molar-refractivity contribution in [1.29, 1.82) is 0 Å². The molecule has 4 rings (SSSR count). The van der Waals surface area contributed by atoms with Gasteiger partial charge in [0.1, 0.15) is 24.4 Å². The van der Waals surface area contributed by atoms with Gasteiger partial charge in [0.2, 0.25) is 0 Å². The number of aliphatic hydroxyl groups excluding tert-OH is 1. The molecule has 0 aliphatic carbocycles. The highest BCUT2D eigenvalue weighted by molar-refractivity contribution is 5.15. The fourth-order valence-electron chi connectivity index (χ4n) is 4.12. The van der Waals surface area contributed by atoms with Crippen LogP contribution in [0, 0.1) is 0 Å². The Morgan fingerprint density at radius 3 is 1.69 bits per heavy atom. The summed E-state index contributed by atoms with van der Waals surface area (Å²) in [6, 6.07) is 29.7. The smallest absolute Gasteiger partial charge is 0.186 e. The minimum absolute atomic E-state index is 0.106. The van der Waals surface area contributed by atoms with Gasteiger partial charge in [-0.1, -0.05) is 91.0 Å². The number of hydrogen-bond acceptors (Lipinski definition) is 6. The molecule has 35 heavy (non-hydrogen) atoms. The first kappa shape index (κ1) is 25.5. The van der Waals surface area contributed by atoms with Gasteiger partial charge in [0, 0.05) is 6.61 Å². The van der Waals surface area contributed by atoms with Gasteiger partial charge in [-0.25, -0.2) is 0 Å². The number of aliphatic hydroxyl groups is 1. The van der Waals surface area contributed by atoms with E-state index in [1.54, 1.807) is 0 Å². The minimum Gasteiger partial charge on any atom is -0.388 e. The van der Waals surface area contributed by atoms with E-state index in [0.29, 0.717) is 26.4 Å². The van der Waals surface area contributed by atoms with E-state index >= 15 is 0 Å². The molecule has 0 radical (unpaired) electrons. The Morgan fingerprint density at radius 1 is 0.686 bits per heavy atom. The molecule has 1 aliphatic heterocycles. The lowest BCUT2D eigenvalue weighted by Crippen LogP contribution is -2.43. The van der Waals surface area contributed by atoms with Crippen LogP contribution in [0.5, 0.6) is 0 Å². The Hall–Kier alpha value is -2.58. The van der Waals surface area contributed by atoms with Crippen LogP contribution in [0.1, 0.15) is 23.6 Å². The second kappa shape index (κ2) is 13.5. The molecule has 0 amide bonds. The summed E-state index contributed by atoms with van der Waals surface area (Å²) in [6.45, 7) is 3.63. The lowest BCUT2D eigenvalue weighted by atomic mass is 10.1. The van der Waals surface area contributed by atoms with E-state index in [4.69, 9.17) is 23.7 Å². The summed E-state index contributed by atoms with van der Waals surface area (Å²) in [5.74, 6) is 0. The molecule has 1 fully saturated rings. The molecule has 3 aromatic rings. The zero-order chi connectivity index (χ0) is 24.3. The summed E-state index contributed by atoms with van der Waals surface area (Å²) in [6.07, 6.45) is -3.27. The van der Waals surface area contributed by atoms with Crippen LogP contribution in [0.3, 0.4) is 0 Å². The maximum Gasteiger partial charge on any atom is 0.186 e. The first-order valence-corrected chi connectivity index (χ1v) is 12.1. The van der Waals surface area contributed by atoms with Gasteiger partial charge in [-0.15, -0.1) is 0 Å².